The number of carbonyl (C=O) groups excluding carboxylic acids is 2. The second-order valence-corrected chi connectivity index (χ2v) is 4.10. The van der Waals surface area contributed by atoms with E-state index in [1.54, 1.807) is 6.92 Å². The van der Waals surface area contributed by atoms with Crippen LogP contribution in [0.25, 0.3) is 0 Å². The minimum Gasteiger partial charge on any atom is -0.466 e. The van der Waals surface area contributed by atoms with Gasteiger partial charge < -0.3 is 9.47 Å². The Hall–Kier alpha value is -2.10. The van der Waals surface area contributed by atoms with Crippen LogP contribution in [0.4, 0.5) is 0 Å². The Morgan fingerprint density at radius 1 is 1.33 bits per heavy atom. The lowest BCUT2D eigenvalue weighted by atomic mass is 9.86. The molecule has 1 unspecified atom stereocenters. The van der Waals surface area contributed by atoms with Crippen molar-refractivity contribution in [1.29, 1.82) is 0 Å². The van der Waals surface area contributed by atoms with E-state index in [1.807, 2.05) is 30.3 Å². The second-order valence-electron chi connectivity index (χ2n) is 4.10. The molecule has 1 aliphatic heterocycles. The number of hydrogen-bond acceptors (Lipinski definition) is 4. The average molecular weight is 246 g/mol. The summed E-state index contributed by atoms with van der Waals surface area (Å²) in [6, 6.07) is 9.41. The van der Waals surface area contributed by atoms with Crippen LogP contribution < -0.4 is 0 Å². The van der Waals surface area contributed by atoms with Gasteiger partial charge in [0.15, 0.2) is 0 Å². The first-order chi connectivity index (χ1) is 8.63. The monoisotopic (exact) mass is 246 g/mol. The summed E-state index contributed by atoms with van der Waals surface area (Å²) in [4.78, 5) is 23.3. The molecule has 0 amide bonds. The fraction of sp³-hybridized carbons (Fsp3) is 0.286. The lowest BCUT2D eigenvalue weighted by molar-refractivity contribution is -0.143. The number of carbonyl (C=O) groups is 2. The van der Waals surface area contributed by atoms with Gasteiger partial charge in [0.2, 0.25) is 0 Å². The Labute approximate surface area is 105 Å². The number of rotatable bonds is 2. The first kappa shape index (κ1) is 12.4. The molecule has 1 atom stereocenters. The van der Waals surface area contributed by atoms with Gasteiger partial charge >= 0.3 is 11.9 Å². The maximum absolute atomic E-state index is 11.8. The topological polar surface area (TPSA) is 52.6 Å². The maximum atomic E-state index is 11.8. The summed E-state index contributed by atoms with van der Waals surface area (Å²) in [6.07, 6.45) is 0.159. The molecule has 0 radical (unpaired) electrons. The van der Waals surface area contributed by atoms with Crippen molar-refractivity contribution in [2.24, 2.45) is 0 Å². The first-order valence-electron chi connectivity index (χ1n) is 5.68. The van der Waals surface area contributed by atoms with Gasteiger partial charge in [0, 0.05) is 5.92 Å². The fourth-order valence-electron chi connectivity index (χ4n) is 2.15. The van der Waals surface area contributed by atoms with Crippen molar-refractivity contribution < 1.29 is 19.1 Å². The summed E-state index contributed by atoms with van der Waals surface area (Å²) in [5.74, 6) is -0.741. The molecular formula is C14H14O4. The number of ether oxygens (including phenoxy) is 2. The molecular weight excluding hydrogens is 232 g/mol. The van der Waals surface area contributed by atoms with Crippen molar-refractivity contribution >= 4 is 11.9 Å². The van der Waals surface area contributed by atoms with Crippen molar-refractivity contribution in [3.63, 3.8) is 0 Å². The van der Waals surface area contributed by atoms with Gasteiger partial charge in [-0.3, -0.25) is 4.79 Å². The Morgan fingerprint density at radius 2 is 2.00 bits per heavy atom. The molecule has 0 saturated carbocycles. The molecule has 1 aromatic carbocycles. The number of methoxy groups -OCH3 is 1. The molecule has 0 saturated heterocycles. The highest BCUT2D eigenvalue weighted by Gasteiger charge is 2.33. The highest BCUT2D eigenvalue weighted by molar-refractivity contribution is 5.93. The zero-order valence-corrected chi connectivity index (χ0v) is 10.3. The third kappa shape index (κ3) is 2.27. The van der Waals surface area contributed by atoms with Crippen molar-refractivity contribution in [1.82, 2.24) is 0 Å². The maximum Gasteiger partial charge on any atom is 0.337 e. The predicted molar refractivity (Wildman–Crippen MR) is 64.6 cm³/mol. The van der Waals surface area contributed by atoms with Crippen LogP contribution in [-0.4, -0.2) is 19.0 Å². The van der Waals surface area contributed by atoms with Gasteiger partial charge in [-0.05, 0) is 12.5 Å². The summed E-state index contributed by atoms with van der Waals surface area (Å²) in [5.41, 5.74) is 1.33. The zero-order chi connectivity index (χ0) is 13.1. The molecule has 94 valence electrons. The predicted octanol–water partition coefficient (Wildman–Crippen LogP) is 2.16. The van der Waals surface area contributed by atoms with Crippen LogP contribution in [0.2, 0.25) is 0 Å². The average Bonchev–Trinajstić information content (AvgIpc) is 2.38. The van der Waals surface area contributed by atoms with E-state index in [9.17, 15) is 9.59 Å². The Kier molecular flexibility index (Phi) is 3.46. The van der Waals surface area contributed by atoms with E-state index in [0.29, 0.717) is 11.3 Å². The lowest BCUT2D eigenvalue weighted by Gasteiger charge is -2.24. The van der Waals surface area contributed by atoms with E-state index in [0.717, 1.165) is 5.56 Å². The van der Waals surface area contributed by atoms with Gasteiger partial charge in [-0.25, -0.2) is 4.79 Å². The van der Waals surface area contributed by atoms with Crippen molar-refractivity contribution in [2.75, 3.05) is 7.11 Å². The van der Waals surface area contributed by atoms with E-state index in [-0.39, 0.29) is 18.3 Å². The van der Waals surface area contributed by atoms with Crippen molar-refractivity contribution in [3.8, 4) is 0 Å². The fourth-order valence-corrected chi connectivity index (χ4v) is 2.15. The minimum absolute atomic E-state index is 0.159. The largest absolute Gasteiger partial charge is 0.466 e. The van der Waals surface area contributed by atoms with Crippen LogP contribution >= 0.6 is 0 Å². The van der Waals surface area contributed by atoms with E-state index >= 15 is 0 Å². The lowest BCUT2D eigenvalue weighted by Crippen LogP contribution is -2.24. The molecule has 0 bridgehead atoms. The molecule has 0 N–H and O–H groups in total. The Bertz CT molecular complexity index is 502. The summed E-state index contributed by atoms with van der Waals surface area (Å²) >= 11 is 0. The highest BCUT2D eigenvalue weighted by atomic mass is 16.5. The van der Waals surface area contributed by atoms with Crippen LogP contribution in [0.15, 0.2) is 41.7 Å². The van der Waals surface area contributed by atoms with Gasteiger partial charge in [-0.1, -0.05) is 30.3 Å². The molecule has 0 fully saturated rings. The van der Waals surface area contributed by atoms with E-state index in [1.165, 1.54) is 7.11 Å². The SMILES string of the molecule is COC(=O)C1=C(C)OC(=O)CC1c1ccccc1. The molecule has 18 heavy (non-hydrogen) atoms. The van der Waals surface area contributed by atoms with E-state index in [4.69, 9.17) is 9.47 Å². The summed E-state index contributed by atoms with van der Waals surface area (Å²) in [7, 11) is 1.32. The van der Waals surface area contributed by atoms with Gasteiger partial charge in [0.25, 0.3) is 0 Å². The third-order valence-corrected chi connectivity index (χ3v) is 2.97. The number of cyclic esters (lactones) is 1. The molecule has 0 spiro atoms. The Morgan fingerprint density at radius 3 is 2.61 bits per heavy atom. The number of allylic oxidation sites excluding steroid dienone is 1. The second kappa shape index (κ2) is 5.04. The smallest absolute Gasteiger partial charge is 0.337 e. The van der Waals surface area contributed by atoms with Crippen LogP contribution in [0.5, 0.6) is 0 Å². The van der Waals surface area contributed by atoms with Crippen LogP contribution in [-0.2, 0) is 19.1 Å². The van der Waals surface area contributed by atoms with Crippen molar-refractivity contribution in [2.45, 2.75) is 19.3 Å². The number of benzene rings is 1. The highest BCUT2D eigenvalue weighted by Crippen LogP contribution is 2.35. The molecule has 2 rings (SSSR count). The summed E-state index contributed by atoms with van der Waals surface area (Å²) in [5, 5.41) is 0. The third-order valence-electron chi connectivity index (χ3n) is 2.97. The summed E-state index contributed by atoms with van der Waals surface area (Å²) < 4.78 is 9.77. The van der Waals surface area contributed by atoms with Gasteiger partial charge in [0.05, 0.1) is 19.1 Å². The van der Waals surface area contributed by atoms with Gasteiger partial charge in [-0.2, -0.15) is 0 Å². The molecule has 4 nitrogen and oxygen atoms in total. The molecule has 4 heteroatoms. The van der Waals surface area contributed by atoms with E-state index < -0.39 is 5.97 Å². The normalized spacial score (nSPS) is 19.4. The quantitative estimate of drug-likeness (QED) is 0.750. The molecule has 0 aromatic heterocycles. The standard InChI is InChI=1S/C14H14O4/c1-9-13(14(16)17-2)11(8-12(15)18-9)10-6-4-3-5-7-10/h3-7,11H,8H2,1-2H3. The van der Waals surface area contributed by atoms with Gasteiger partial charge in [-0.15, -0.1) is 0 Å². The van der Waals surface area contributed by atoms with Crippen molar-refractivity contribution in [3.05, 3.63) is 47.2 Å². The minimum atomic E-state index is -0.450. The van der Waals surface area contributed by atoms with Crippen LogP contribution in [0.3, 0.4) is 0 Å². The first-order valence-corrected chi connectivity index (χ1v) is 5.68. The number of hydrogen-bond donors (Lipinski definition) is 0. The molecule has 1 heterocycles. The molecule has 1 aliphatic rings. The van der Waals surface area contributed by atoms with E-state index in [2.05, 4.69) is 0 Å². The van der Waals surface area contributed by atoms with Crippen LogP contribution in [0.1, 0.15) is 24.8 Å². The Balaban J connectivity index is 2.46. The zero-order valence-electron chi connectivity index (χ0n) is 10.3. The molecule has 0 aliphatic carbocycles. The molecule has 1 aromatic rings. The summed E-state index contributed by atoms with van der Waals surface area (Å²) in [6.45, 7) is 1.61. The number of esters is 2. The van der Waals surface area contributed by atoms with Gasteiger partial charge in [0.1, 0.15) is 5.76 Å². The van der Waals surface area contributed by atoms with Crippen LogP contribution in [0, 0.1) is 0 Å².